The van der Waals surface area contributed by atoms with Gasteiger partial charge in [0.1, 0.15) is 11.5 Å². The molecule has 6 nitrogen and oxygen atoms in total. The van der Waals surface area contributed by atoms with Crippen LogP contribution in [0.4, 0.5) is 0 Å². The van der Waals surface area contributed by atoms with E-state index in [-0.39, 0.29) is 23.4 Å². The van der Waals surface area contributed by atoms with Crippen molar-refractivity contribution in [2.75, 3.05) is 0 Å². The molecular weight excluding hydrogens is 422 g/mol. The Balaban J connectivity index is 1.51. The Labute approximate surface area is 189 Å². The number of hydrogen-bond acceptors (Lipinski definition) is 6. The Morgan fingerprint density at radius 2 is 1.59 bits per heavy atom. The second-order valence-electron chi connectivity index (χ2n) is 7.41. The maximum absolute atomic E-state index is 12.6. The first-order valence-corrected chi connectivity index (χ1v) is 10.9. The van der Waals surface area contributed by atoms with Crippen LogP contribution in [-0.4, -0.2) is 32.0 Å². The number of nitrogens with zero attached hydrogens (tertiary/aromatic N) is 3. The number of aliphatic imine (C=N–C) groups is 1. The fourth-order valence-corrected chi connectivity index (χ4v) is 4.66. The first kappa shape index (κ1) is 20.1. The summed E-state index contributed by atoms with van der Waals surface area (Å²) in [4.78, 5) is 17.3. The van der Waals surface area contributed by atoms with E-state index < -0.39 is 0 Å². The van der Waals surface area contributed by atoms with E-state index in [2.05, 4.69) is 4.99 Å². The third-order valence-corrected chi connectivity index (χ3v) is 6.31. The summed E-state index contributed by atoms with van der Waals surface area (Å²) in [6.07, 6.45) is 2.19. The second-order valence-corrected chi connectivity index (χ2v) is 8.41. The van der Waals surface area contributed by atoms with E-state index in [1.54, 1.807) is 47.5 Å². The van der Waals surface area contributed by atoms with E-state index in [9.17, 15) is 15.0 Å². The molecule has 2 N–H and O–H groups in total. The molecule has 0 radical (unpaired) electrons. The van der Waals surface area contributed by atoms with Crippen LogP contribution in [0.15, 0.2) is 93.9 Å². The molecule has 1 amide bonds. The molecule has 0 spiro atoms. The molecule has 2 aliphatic heterocycles. The number of carbonyl (C=O) groups excluding carboxylic acids is 1. The van der Waals surface area contributed by atoms with Gasteiger partial charge in [-0.05, 0) is 35.5 Å². The van der Waals surface area contributed by atoms with Crippen LogP contribution >= 0.6 is 11.8 Å². The molecule has 158 valence electrons. The van der Waals surface area contributed by atoms with Crippen LogP contribution < -0.4 is 0 Å². The molecule has 1 unspecified atom stereocenters. The lowest BCUT2D eigenvalue weighted by molar-refractivity contribution is -0.113. The minimum Gasteiger partial charge on any atom is -0.508 e. The molecule has 3 aromatic rings. The zero-order valence-corrected chi connectivity index (χ0v) is 17.7. The van der Waals surface area contributed by atoms with Crippen molar-refractivity contribution in [3.63, 3.8) is 0 Å². The van der Waals surface area contributed by atoms with Crippen LogP contribution in [0.25, 0.3) is 6.08 Å². The minimum atomic E-state index is -0.382. The lowest BCUT2D eigenvalue weighted by Crippen LogP contribution is -2.23. The Bertz CT molecular complexity index is 1280. The number of aromatic hydroxyl groups is 2. The Morgan fingerprint density at radius 3 is 2.34 bits per heavy atom. The quantitative estimate of drug-likeness (QED) is 0.564. The number of para-hydroxylation sites is 2. The molecule has 2 heterocycles. The average Bonchev–Trinajstić information content (AvgIpc) is 3.40. The number of thioether (sulfide) groups is 1. The largest absolute Gasteiger partial charge is 0.508 e. The van der Waals surface area contributed by atoms with Crippen LogP contribution in [0, 0.1) is 0 Å². The molecule has 0 fully saturated rings. The van der Waals surface area contributed by atoms with Crippen LogP contribution in [-0.2, 0) is 4.79 Å². The highest BCUT2D eigenvalue weighted by Gasteiger charge is 2.37. The van der Waals surface area contributed by atoms with Gasteiger partial charge in [-0.1, -0.05) is 66.7 Å². The van der Waals surface area contributed by atoms with E-state index >= 15 is 0 Å². The predicted molar refractivity (Wildman–Crippen MR) is 126 cm³/mol. The van der Waals surface area contributed by atoms with Crippen molar-refractivity contribution < 1.29 is 15.0 Å². The summed E-state index contributed by atoms with van der Waals surface area (Å²) >= 11 is 1.21. The third-order valence-electron chi connectivity index (χ3n) is 5.34. The average molecular weight is 442 g/mol. The Kier molecular flexibility index (Phi) is 5.25. The fraction of sp³-hybridized carbons (Fsp3) is 0.0800. The van der Waals surface area contributed by atoms with Gasteiger partial charge in [0.15, 0.2) is 5.17 Å². The smallest absolute Gasteiger partial charge is 0.286 e. The van der Waals surface area contributed by atoms with Crippen molar-refractivity contribution in [3.05, 3.63) is 100 Å². The van der Waals surface area contributed by atoms with Gasteiger partial charge in [-0.2, -0.15) is 10.1 Å². The van der Waals surface area contributed by atoms with Gasteiger partial charge in [0.2, 0.25) is 0 Å². The number of hydrazone groups is 1. The summed E-state index contributed by atoms with van der Waals surface area (Å²) in [6.45, 7) is 0. The molecule has 32 heavy (non-hydrogen) atoms. The number of rotatable bonds is 3. The summed E-state index contributed by atoms with van der Waals surface area (Å²) in [6, 6.07) is 23.5. The number of phenolic OH excluding ortho intramolecular Hbond substituents is 2. The van der Waals surface area contributed by atoms with Crippen molar-refractivity contribution in [1.29, 1.82) is 0 Å². The van der Waals surface area contributed by atoms with Crippen molar-refractivity contribution in [3.8, 4) is 11.5 Å². The fourth-order valence-electron chi connectivity index (χ4n) is 3.75. The van der Waals surface area contributed by atoms with Gasteiger partial charge in [-0.25, -0.2) is 5.01 Å². The Morgan fingerprint density at radius 1 is 0.906 bits per heavy atom. The van der Waals surface area contributed by atoms with Crippen molar-refractivity contribution in [2.45, 2.75) is 12.5 Å². The van der Waals surface area contributed by atoms with Gasteiger partial charge in [0.05, 0.1) is 16.7 Å². The number of phenols is 2. The highest BCUT2D eigenvalue weighted by atomic mass is 32.2. The molecule has 5 rings (SSSR count). The summed E-state index contributed by atoms with van der Waals surface area (Å²) in [5, 5.41) is 27.5. The molecule has 7 heteroatoms. The molecule has 2 aliphatic rings. The second kappa shape index (κ2) is 8.36. The number of amidine groups is 1. The van der Waals surface area contributed by atoms with Crippen LogP contribution in [0.5, 0.6) is 11.5 Å². The number of benzene rings is 3. The van der Waals surface area contributed by atoms with Crippen molar-refractivity contribution >= 4 is 34.6 Å². The number of carbonyl (C=O) groups is 1. The summed E-state index contributed by atoms with van der Waals surface area (Å²) in [5.74, 6) is -0.112. The van der Waals surface area contributed by atoms with Gasteiger partial charge in [0, 0.05) is 17.5 Å². The maximum atomic E-state index is 12.6. The summed E-state index contributed by atoms with van der Waals surface area (Å²) in [7, 11) is 0. The van der Waals surface area contributed by atoms with Gasteiger partial charge in [-0.3, -0.25) is 4.79 Å². The topological polar surface area (TPSA) is 85.5 Å². The lowest BCUT2D eigenvalue weighted by Gasteiger charge is -2.23. The van der Waals surface area contributed by atoms with E-state index in [4.69, 9.17) is 5.10 Å². The van der Waals surface area contributed by atoms with Crippen LogP contribution in [0.3, 0.4) is 0 Å². The molecule has 0 bridgehead atoms. The lowest BCUT2D eigenvalue weighted by atomic mass is 9.98. The van der Waals surface area contributed by atoms with Gasteiger partial charge in [0.25, 0.3) is 5.91 Å². The molecule has 3 aromatic carbocycles. The zero-order chi connectivity index (χ0) is 22.1. The van der Waals surface area contributed by atoms with E-state index in [1.807, 2.05) is 42.5 Å². The minimum absolute atomic E-state index is 0.0968. The molecule has 1 atom stereocenters. The molecular formula is C25H19N3O3S. The molecule has 0 aliphatic carbocycles. The van der Waals surface area contributed by atoms with Gasteiger partial charge < -0.3 is 10.2 Å². The van der Waals surface area contributed by atoms with Crippen molar-refractivity contribution in [2.24, 2.45) is 10.1 Å². The first-order chi connectivity index (χ1) is 15.6. The Hall–Kier alpha value is -3.84. The highest BCUT2D eigenvalue weighted by molar-refractivity contribution is 8.18. The SMILES string of the molecule is O=C1N=C(N2N=C(c3ccccc3)CC2c2ccccc2O)S/C1=C\c1ccccc1O. The van der Waals surface area contributed by atoms with E-state index in [1.165, 1.54) is 11.8 Å². The monoisotopic (exact) mass is 441 g/mol. The standard InChI is InChI=1S/C25H19N3O3S/c29-21-12-6-4-10-17(21)14-23-24(31)26-25(32-23)28-20(18-11-5-7-13-22(18)30)15-19(27-28)16-8-2-1-3-9-16/h1-14,20,29-30H,15H2/b23-14-. The normalized spacial score (nSPS) is 19.4. The van der Waals surface area contributed by atoms with Gasteiger partial charge in [-0.15, -0.1) is 0 Å². The number of hydrogen-bond donors (Lipinski definition) is 2. The van der Waals surface area contributed by atoms with Crippen LogP contribution in [0.1, 0.15) is 29.2 Å². The van der Waals surface area contributed by atoms with E-state index in [0.29, 0.717) is 22.1 Å². The summed E-state index contributed by atoms with van der Waals surface area (Å²) in [5.41, 5.74) is 3.10. The summed E-state index contributed by atoms with van der Waals surface area (Å²) < 4.78 is 0. The number of amides is 1. The van der Waals surface area contributed by atoms with Crippen molar-refractivity contribution in [1.82, 2.24) is 5.01 Å². The highest BCUT2D eigenvalue weighted by Crippen LogP contribution is 2.42. The molecule has 0 aromatic heterocycles. The first-order valence-electron chi connectivity index (χ1n) is 10.1. The predicted octanol–water partition coefficient (Wildman–Crippen LogP) is 4.92. The maximum Gasteiger partial charge on any atom is 0.286 e. The van der Waals surface area contributed by atoms with E-state index in [0.717, 1.165) is 16.8 Å². The molecule has 0 saturated carbocycles. The van der Waals surface area contributed by atoms with Gasteiger partial charge >= 0.3 is 0 Å². The van der Waals surface area contributed by atoms with Crippen LogP contribution in [0.2, 0.25) is 0 Å². The third kappa shape index (κ3) is 3.78. The zero-order valence-electron chi connectivity index (χ0n) is 16.9. The molecule has 0 saturated heterocycles.